The summed E-state index contributed by atoms with van der Waals surface area (Å²) >= 11 is 0. The summed E-state index contributed by atoms with van der Waals surface area (Å²) in [4.78, 5) is 26.2. The first-order valence-electron chi connectivity index (χ1n) is 8.30. The predicted molar refractivity (Wildman–Crippen MR) is 84.2 cm³/mol. The summed E-state index contributed by atoms with van der Waals surface area (Å²) in [5.41, 5.74) is 5.51. The third-order valence-electron chi connectivity index (χ3n) is 4.80. The number of hydrogen-bond acceptors (Lipinski definition) is 4. The van der Waals surface area contributed by atoms with Gasteiger partial charge in [-0.25, -0.2) is 8.78 Å². The van der Waals surface area contributed by atoms with Gasteiger partial charge in [0, 0.05) is 32.4 Å². The Hall–Kier alpha value is -1.28. The molecular formula is C16H27F2N3O3. The van der Waals surface area contributed by atoms with Gasteiger partial charge < -0.3 is 21.1 Å². The highest BCUT2D eigenvalue weighted by atomic mass is 19.3. The maximum Gasteiger partial charge on any atom is 0.248 e. The van der Waals surface area contributed by atoms with Crippen molar-refractivity contribution in [2.24, 2.45) is 17.1 Å². The minimum absolute atomic E-state index is 0.0577. The SMILES string of the molecule is CC(C)(C)C(N)C(=O)N1C[C@H](O)C[C@H]1C(=O)NCC1CC(F)(F)C1. The van der Waals surface area contributed by atoms with Gasteiger partial charge in [0.15, 0.2) is 0 Å². The van der Waals surface area contributed by atoms with Crippen LogP contribution in [0.2, 0.25) is 0 Å². The van der Waals surface area contributed by atoms with E-state index in [0.717, 1.165) is 0 Å². The zero-order chi connectivity index (χ0) is 18.3. The molecule has 8 heteroatoms. The van der Waals surface area contributed by atoms with Crippen molar-refractivity contribution in [2.75, 3.05) is 13.1 Å². The van der Waals surface area contributed by atoms with Crippen molar-refractivity contribution < 1.29 is 23.5 Å². The molecular weight excluding hydrogens is 320 g/mol. The number of aliphatic hydroxyl groups excluding tert-OH is 1. The van der Waals surface area contributed by atoms with Crippen molar-refractivity contribution in [3.05, 3.63) is 0 Å². The van der Waals surface area contributed by atoms with E-state index in [-0.39, 0.29) is 44.2 Å². The van der Waals surface area contributed by atoms with Crippen LogP contribution in [0.25, 0.3) is 0 Å². The minimum Gasteiger partial charge on any atom is -0.391 e. The van der Waals surface area contributed by atoms with Gasteiger partial charge in [-0.1, -0.05) is 20.8 Å². The second kappa shape index (κ2) is 6.55. The Kier molecular flexibility index (Phi) is 5.20. The fraction of sp³-hybridized carbons (Fsp3) is 0.875. The molecule has 24 heavy (non-hydrogen) atoms. The average Bonchev–Trinajstić information content (AvgIpc) is 2.81. The van der Waals surface area contributed by atoms with Gasteiger partial charge in [-0.3, -0.25) is 9.59 Å². The second-order valence-corrected chi connectivity index (χ2v) is 8.11. The molecule has 0 radical (unpaired) electrons. The molecule has 1 aliphatic heterocycles. The molecule has 2 fully saturated rings. The summed E-state index contributed by atoms with van der Waals surface area (Å²) in [6.45, 7) is 5.70. The number of alkyl halides is 2. The lowest BCUT2D eigenvalue weighted by atomic mass is 9.81. The number of rotatable bonds is 4. The van der Waals surface area contributed by atoms with Crippen molar-refractivity contribution in [2.45, 2.75) is 64.1 Å². The Bertz CT molecular complexity index is 499. The fourth-order valence-electron chi connectivity index (χ4n) is 3.15. The van der Waals surface area contributed by atoms with E-state index in [1.165, 1.54) is 4.90 Å². The second-order valence-electron chi connectivity index (χ2n) is 8.11. The molecule has 0 bridgehead atoms. The summed E-state index contributed by atoms with van der Waals surface area (Å²) in [5, 5.41) is 12.5. The molecule has 0 spiro atoms. The Morgan fingerprint density at radius 1 is 1.38 bits per heavy atom. The molecule has 2 aliphatic rings. The highest BCUT2D eigenvalue weighted by Crippen LogP contribution is 2.41. The van der Waals surface area contributed by atoms with Crippen LogP contribution >= 0.6 is 0 Å². The average molecular weight is 347 g/mol. The Labute approximate surface area is 140 Å². The smallest absolute Gasteiger partial charge is 0.248 e. The number of nitrogens with two attached hydrogens (primary N) is 1. The summed E-state index contributed by atoms with van der Waals surface area (Å²) in [7, 11) is 0. The van der Waals surface area contributed by atoms with Crippen LogP contribution in [0.1, 0.15) is 40.0 Å². The summed E-state index contributed by atoms with van der Waals surface area (Å²) in [5.74, 6) is -3.66. The number of aliphatic hydroxyl groups is 1. The number of nitrogens with one attached hydrogen (secondary N) is 1. The molecule has 1 unspecified atom stereocenters. The van der Waals surface area contributed by atoms with Crippen molar-refractivity contribution in [3.63, 3.8) is 0 Å². The van der Waals surface area contributed by atoms with Crippen LogP contribution in [0.4, 0.5) is 8.78 Å². The normalized spacial score (nSPS) is 28.4. The number of amides is 2. The molecule has 4 N–H and O–H groups in total. The van der Waals surface area contributed by atoms with E-state index in [1.54, 1.807) is 0 Å². The van der Waals surface area contributed by atoms with Crippen LogP contribution in [0, 0.1) is 11.3 Å². The van der Waals surface area contributed by atoms with Crippen molar-refractivity contribution in [3.8, 4) is 0 Å². The number of hydrogen-bond donors (Lipinski definition) is 3. The summed E-state index contributed by atoms with van der Waals surface area (Å²) in [6.07, 6.45) is -1.10. The number of halogens is 2. The zero-order valence-electron chi connectivity index (χ0n) is 14.4. The van der Waals surface area contributed by atoms with Gasteiger partial charge in [-0.05, 0) is 11.3 Å². The van der Waals surface area contributed by atoms with E-state index in [4.69, 9.17) is 5.73 Å². The van der Waals surface area contributed by atoms with Gasteiger partial charge in [-0.15, -0.1) is 0 Å². The van der Waals surface area contributed by atoms with E-state index in [2.05, 4.69) is 5.32 Å². The Balaban J connectivity index is 1.94. The number of carbonyl (C=O) groups excluding carboxylic acids is 2. The molecule has 1 saturated carbocycles. The zero-order valence-corrected chi connectivity index (χ0v) is 14.4. The number of carbonyl (C=O) groups is 2. The van der Waals surface area contributed by atoms with E-state index in [1.807, 2.05) is 20.8 Å². The first kappa shape index (κ1) is 19.1. The van der Waals surface area contributed by atoms with Gasteiger partial charge in [0.1, 0.15) is 6.04 Å². The largest absolute Gasteiger partial charge is 0.391 e. The first-order chi connectivity index (χ1) is 10.9. The topological polar surface area (TPSA) is 95.7 Å². The predicted octanol–water partition coefficient (Wildman–Crippen LogP) is 0.483. The van der Waals surface area contributed by atoms with Crippen LogP contribution in [-0.4, -0.2) is 59.0 Å². The quantitative estimate of drug-likeness (QED) is 0.689. The molecule has 6 nitrogen and oxygen atoms in total. The van der Waals surface area contributed by atoms with Crippen molar-refractivity contribution in [1.82, 2.24) is 10.2 Å². The minimum atomic E-state index is -2.62. The highest BCUT2D eigenvalue weighted by molar-refractivity contribution is 5.90. The molecule has 1 heterocycles. The van der Waals surface area contributed by atoms with Crippen molar-refractivity contribution >= 4 is 11.8 Å². The lowest BCUT2D eigenvalue weighted by Crippen LogP contribution is -2.55. The monoisotopic (exact) mass is 347 g/mol. The standard InChI is InChI=1S/C16H27F2N3O3/c1-15(2,3)12(19)14(24)21-8-10(22)4-11(21)13(23)20-7-9-5-16(17,18)6-9/h9-12,22H,4-8,19H2,1-3H3,(H,20,23)/t10-,11+,12?/m1/s1. The van der Waals surface area contributed by atoms with Gasteiger partial charge in [-0.2, -0.15) is 0 Å². The molecule has 2 amide bonds. The molecule has 1 saturated heterocycles. The van der Waals surface area contributed by atoms with Crippen LogP contribution in [0.3, 0.4) is 0 Å². The molecule has 0 aromatic heterocycles. The van der Waals surface area contributed by atoms with Gasteiger partial charge in [0.2, 0.25) is 17.7 Å². The fourth-order valence-corrected chi connectivity index (χ4v) is 3.15. The highest BCUT2D eigenvalue weighted by Gasteiger charge is 2.46. The molecule has 0 aromatic carbocycles. The molecule has 0 aromatic rings. The van der Waals surface area contributed by atoms with E-state index < -0.39 is 35.4 Å². The Morgan fingerprint density at radius 3 is 2.46 bits per heavy atom. The summed E-state index contributed by atoms with van der Waals surface area (Å²) < 4.78 is 25.6. The van der Waals surface area contributed by atoms with E-state index in [9.17, 15) is 23.5 Å². The molecule has 3 atom stereocenters. The molecule has 138 valence electrons. The van der Waals surface area contributed by atoms with Crippen molar-refractivity contribution in [1.29, 1.82) is 0 Å². The maximum atomic E-state index is 12.8. The van der Waals surface area contributed by atoms with Gasteiger partial charge in [0.05, 0.1) is 12.1 Å². The number of β-amino-alcohol motifs (C(OH)–C–C–N with tert-alkyl or cyclic N) is 1. The van der Waals surface area contributed by atoms with Gasteiger partial charge in [0.25, 0.3) is 0 Å². The van der Waals surface area contributed by atoms with Crippen LogP contribution in [0.15, 0.2) is 0 Å². The number of likely N-dealkylation sites (tertiary alicyclic amines) is 1. The third kappa shape index (κ3) is 4.22. The van der Waals surface area contributed by atoms with Crippen LogP contribution in [-0.2, 0) is 9.59 Å². The van der Waals surface area contributed by atoms with E-state index in [0.29, 0.717) is 0 Å². The lowest BCUT2D eigenvalue weighted by Gasteiger charge is -2.36. The summed E-state index contributed by atoms with van der Waals surface area (Å²) in [6, 6.07) is -1.59. The molecule has 1 aliphatic carbocycles. The lowest BCUT2D eigenvalue weighted by molar-refractivity contribution is -0.142. The number of nitrogens with zero attached hydrogens (tertiary/aromatic N) is 1. The van der Waals surface area contributed by atoms with Crippen LogP contribution in [0.5, 0.6) is 0 Å². The first-order valence-corrected chi connectivity index (χ1v) is 8.30. The maximum absolute atomic E-state index is 12.8. The van der Waals surface area contributed by atoms with Gasteiger partial charge >= 0.3 is 0 Å². The van der Waals surface area contributed by atoms with Crippen LogP contribution < -0.4 is 11.1 Å². The Morgan fingerprint density at radius 2 is 1.96 bits per heavy atom. The van der Waals surface area contributed by atoms with E-state index >= 15 is 0 Å². The third-order valence-corrected chi connectivity index (χ3v) is 4.80. The molecule has 2 rings (SSSR count).